The summed E-state index contributed by atoms with van der Waals surface area (Å²) < 4.78 is 8.78. The molecule has 0 heterocycles. The monoisotopic (exact) mass is 231 g/mol. The van der Waals surface area contributed by atoms with Crippen molar-refractivity contribution < 1.29 is 9.47 Å². The van der Waals surface area contributed by atoms with E-state index in [0.29, 0.717) is 0 Å². The Labute approximate surface area is 99.4 Å². The molecule has 0 unspecified atom stereocenters. The minimum atomic E-state index is 1.09. The quantitative estimate of drug-likeness (QED) is 0.266. The van der Waals surface area contributed by atoms with Crippen LogP contribution in [-0.2, 0) is 9.47 Å². The molecule has 2 N–H and O–H groups in total. The predicted molar refractivity (Wildman–Crippen MR) is 72.4 cm³/mol. The van der Waals surface area contributed by atoms with E-state index in [0.717, 1.165) is 6.40 Å². The molecule has 0 radical (unpaired) electrons. The molecule has 0 aliphatic rings. The van der Waals surface area contributed by atoms with Gasteiger partial charge in [0.1, 0.15) is 0 Å². The van der Waals surface area contributed by atoms with E-state index >= 15 is 0 Å². The molecule has 0 aromatic carbocycles. The fourth-order valence-electron chi connectivity index (χ4n) is 0.182. The molecule has 16 heavy (non-hydrogen) atoms. The second-order valence-corrected chi connectivity index (χ2v) is 1.22. The molecule has 5 nitrogen and oxygen atoms in total. The largest absolute Gasteiger partial charge is 0.454 e. The third-order valence-corrected chi connectivity index (χ3v) is 0.480. The third-order valence-electron chi connectivity index (χ3n) is 0.480. The van der Waals surface area contributed by atoms with Gasteiger partial charge >= 0.3 is 0 Å². The zero-order valence-electron chi connectivity index (χ0n) is 11.0. The lowest BCUT2D eigenvalue weighted by molar-refractivity contribution is 0.494. The van der Waals surface area contributed by atoms with Crippen LogP contribution in [0.2, 0.25) is 0 Å². The maximum absolute atomic E-state index is 4.61. The highest BCUT2D eigenvalue weighted by Gasteiger charge is 1.54. The topological polar surface area (TPSA) is 69.2 Å². The molecule has 96 valence electrons. The van der Waals surface area contributed by atoms with E-state index in [2.05, 4.69) is 38.6 Å². The maximum Gasteiger partial charge on any atom is 0.197 e. The summed E-state index contributed by atoms with van der Waals surface area (Å²) >= 11 is 0. The van der Waals surface area contributed by atoms with Crippen LogP contribution in [0.5, 0.6) is 0 Å². The molecule has 0 aromatic rings. The number of rotatable bonds is 4. The van der Waals surface area contributed by atoms with Crippen LogP contribution in [0.15, 0.2) is 35.8 Å². The fraction of sp³-hybridized carbons (Fsp3) is 0.455. The van der Waals surface area contributed by atoms with E-state index in [1.54, 1.807) is 7.05 Å². The minimum Gasteiger partial charge on any atom is -0.454 e. The maximum atomic E-state index is 4.61. The van der Waals surface area contributed by atoms with Gasteiger partial charge in [0, 0.05) is 7.05 Å². The summed E-state index contributed by atoms with van der Waals surface area (Å²) in [6, 6.07) is 0. The smallest absolute Gasteiger partial charge is 0.197 e. The first kappa shape index (κ1) is 23.8. The number of hydrazone groups is 1. The number of hydrogen-bond acceptors (Lipinski definition) is 5. The predicted octanol–water partition coefficient (Wildman–Crippen LogP) is 2.91. The van der Waals surface area contributed by atoms with Gasteiger partial charge in [-0.25, -0.2) is 0 Å². The molecule has 0 aliphatic heterocycles. The summed E-state index contributed by atoms with van der Waals surface area (Å²) in [4.78, 5) is 3.51. The highest BCUT2D eigenvalue weighted by atomic mass is 16.5. The van der Waals surface area contributed by atoms with Gasteiger partial charge in [0.2, 0.25) is 0 Å². The molecule has 0 saturated carbocycles. The average molecular weight is 231 g/mol. The van der Waals surface area contributed by atoms with Crippen molar-refractivity contribution in [1.29, 1.82) is 0 Å². The Morgan fingerprint density at radius 1 is 0.938 bits per heavy atom. The molecule has 0 rings (SSSR count). The standard InChI is InChI=1S/C4H7NO.C3H6N2O.2C2H6/c1-3-6-4-5-2;1-2-6-3-5-4;2*1-2/h3-4H,1H2,2H3;2-3H,1,4H2;2*1-2H3/b;5-3-;;. The SMILES string of the molecule is C=CO/C=N\N.C=COC=NC.CC.CC. The van der Waals surface area contributed by atoms with Crippen molar-refractivity contribution in [2.24, 2.45) is 15.9 Å². The van der Waals surface area contributed by atoms with Crippen molar-refractivity contribution in [3.63, 3.8) is 0 Å². The average Bonchev–Trinajstić information content (AvgIpc) is 2.39. The molecular weight excluding hydrogens is 206 g/mol. The number of ether oxygens (including phenoxy) is 2. The highest BCUT2D eigenvalue weighted by Crippen LogP contribution is 1.61. The summed E-state index contributed by atoms with van der Waals surface area (Å²) in [6.45, 7) is 14.5. The van der Waals surface area contributed by atoms with Crippen LogP contribution in [-0.4, -0.2) is 19.8 Å². The van der Waals surface area contributed by atoms with E-state index in [-0.39, 0.29) is 0 Å². The summed E-state index contributed by atoms with van der Waals surface area (Å²) in [5, 5.41) is 3.01. The van der Waals surface area contributed by atoms with Crippen LogP contribution >= 0.6 is 0 Å². The highest BCUT2D eigenvalue weighted by molar-refractivity contribution is 5.46. The Balaban J connectivity index is -0.0000000686. The van der Waals surface area contributed by atoms with Gasteiger partial charge in [0.05, 0.1) is 12.5 Å². The van der Waals surface area contributed by atoms with E-state index in [1.807, 2.05) is 27.7 Å². The van der Waals surface area contributed by atoms with Crippen molar-refractivity contribution in [1.82, 2.24) is 0 Å². The van der Waals surface area contributed by atoms with E-state index in [4.69, 9.17) is 0 Å². The zero-order valence-corrected chi connectivity index (χ0v) is 11.0. The second-order valence-electron chi connectivity index (χ2n) is 1.22. The Kier molecular flexibility index (Phi) is 75.9. The molecule has 0 bridgehead atoms. The van der Waals surface area contributed by atoms with Crippen LogP contribution in [0, 0.1) is 0 Å². The van der Waals surface area contributed by atoms with Gasteiger partial charge < -0.3 is 15.3 Å². The molecule has 0 atom stereocenters. The van der Waals surface area contributed by atoms with Gasteiger partial charge in [-0.3, -0.25) is 4.99 Å². The van der Waals surface area contributed by atoms with E-state index < -0.39 is 0 Å². The van der Waals surface area contributed by atoms with Crippen LogP contribution in [0.3, 0.4) is 0 Å². The summed E-state index contributed by atoms with van der Waals surface area (Å²) in [7, 11) is 1.63. The van der Waals surface area contributed by atoms with Crippen molar-refractivity contribution in [2.75, 3.05) is 7.05 Å². The molecule has 0 fully saturated rings. The van der Waals surface area contributed by atoms with Gasteiger partial charge in [-0.05, 0) is 0 Å². The van der Waals surface area contributed by atoms with Crippen LogP contribution < -0.4 is 5.84 Å². The van der Waals surface area contributed by atoms with Gasteiger partial charge in [0.25, 0.3) is 0 Å². The minimum absolute atomic E-state index is 1.09. The van der Waals surface area contributed by atoms with Gasteiger partial charge in [-0.15, -0.1) is 0 Å². The number of hydrogen-bond donors (Lipinski definition) is 1. The van der Waals surface area contributed by atoms with Crippen molar-refractivity contribution in [2.45, 2.75) is 27.7 Å². The number of aliphatic imine (C=N–C) groups is 1. The summed E-state index contributed by atoms with van der Waals surface area (Å²) in [5.74, 6) is 4.61. The lowest BCUT2D eigenvalue weighted by Gasteiger charge is -1.78. The van der Waals surface area contributed by atoms with Crippen molar-refractivity contribution in [3.05, 3.63) is 25.7 Å². The summed E-state index contributed by atoms with van der Waals surface area (Å²) in [6.07, 6.45) is 4.95. The Morgan fingerprint density at radius 3 is 1.44 bits per heavy atom. The Bertz CT molecular complexity index is 139. The van der Waals surface area contributed by atoms with Crippen molar-refractivity contribution >= 4 is 12.8 Å². The molecule has 0 saturated heterocycles. The Hall–Kier alpha value is -1.78. The lowest BCUT2D eigenvalue weighted by Crippen LogP contribution is -1.81. The van der Waals surface area contributed by atoms with Gasteiger partial charge in [0.15, 0.2) is 12.8 Å². The number of nitrogens with zero attached hydrogens (tertiary/aromatic N) is 2. The second kappa shape index (κ2) is 51.0. The van der Waals surface area contributed by atoms with Crippen LogP contribution in [0.4, 0.5) is 0 Å². The van der Waals surface area contributed by atoms with E-state index in [1.165, 1.54) is 18.9 Å². The fourth-order valence-corrected chi connectivity index (χ4v) is 0.182. The lowest BCUT2D eigenvalue weighted by atomic mass is 11.0. The van der Waals surface area contributed by atoms with Gasteiger partial charge in [-0.1, -0.05) is 40.9 Å². The van der Waals surface area contributed by atoms with Gasteiger partial charge in [-0.2, -0.15) is 5.10 Å². The number of nitrogens with two attached hydrogens (primary N) is 1. The molecule has 0 amide bonds. The van der Waals surface area contributed by atoms with Crippen LogP contribution in [0.25, 0.3) is 0 Å². The Morgan fingerprint density at radius 2 is 1.31 bits per heavy atom. The third kappa shape index (κ3) is 86.4. The van der Waals surface area contributed by atoms with Crippen LogP contribution in [0.1, 0.15) is 27.7 Å². The van der Waals surface area contributed by atoms with E-state index in [9.17, 15) is 0 Å². The first-order valence-corrected chi connectivity index (χ1v) is 4.98. The van der Waals surface area contributed by atoms with Crippen molar-refractivity contribution in [3.8, 4) is 0 Å². The molecule has 0 aliphatic carbocycles. The molecule has 5 heteroatoms. The first-order chi connectivity index (χ1) is 7.83. The zero-order chi connectivity index (χ0) is 13.7. The first-order valence-electron chi connectivity index (χ1n) is 4.98. The molecular formula is C11H25N3O2. The molecule has 0 spiro atoms. The summed E-state index contributed by atoms with van der Waals surface area (Å²) in [5.41, 5.74) is 0. The molecule has 0 aromatic heterocycles. The normalized spacial score (nSPS) is 7.31.